The van der Waals surface area contributed by atoms with E-state index in [1.165, 1.54) is 31.4 Å². The van der Waals surface area contributed by atoms with Gasteiger partial charge in [0.2, 0.25) is 5.91 Å². The van der Waals surface area contributed by atoms with Crippen LogP contribution in [0, 0.1) is 0 Å². The van der Waals surface area contributed by atoms with Crippen LogP contribution in [-0.4, -0.2) is 26.0 Å². The maximum atomic E-state index is 11.4. The molecule has 2 fully saturated rings. The topological polar surface area (TPSA) is 20.3 Å². The smallest absolute Gasteiger partial charge is 0.214 e. The zero-order valence-electron chi connectivity index (χ0n) is 7.59. The third kappa shape index (κ3) is 1.55. The van der Waals surface area contributed by atoms with Gasteiger partial charge in [0.05, 0.1) is 0 Å². The standard InChI is InChI=1S/C9H17NOSi/c11-9-5-4-6-10(9)12-7-2-1-3-8-12/h12H,1-8H2. The number of rotatable bonds is 1. The predicted octanol–water partition coefficient (Wildman–Crippen LogP) is 1.52. The van der Waals surface area contributed by atoms with Gasteiger partial charge in [-0.2, -0.15) is 0 Å². The second-order valence-corrected chi connectivity index (χ2v) is 7.07. The Morgan fingerprint density at radius 2 is 1.83 bits per heavy atom. The molecule has 0 bridgehead atoms. The summed E-state index contributed by atoms with van der Waals surface area (Å²) < 4.78 is 2.26. The van der Waals surface area contributed by atoms with Crippen LogP contribution in [0.15, 0.2) is 0 Å². The minimum Gasteiger partial charge on any atom is -0.372 e. The van der Waals surface area contributed by atoms with Gasteiger partial charge in [0.25, 0.3) is 0 Å². The number of amides is 1. The molecule has 2 nitrogen and oxygen atoms in total. The quantitative estimate of drug-likeness (QED) is 0.564. The Morgan fingerprint density at radius 3 is 2.42 bits per heavy atom. The molecule has 2 aliphatic rings. The number of hydrogen-bond acceptors (Lipinski definition) is 1. The van der Waals surface area contributed by atoms with Gasteiger partial charge in [-0.3, -0.25) is 4.79 Å². The van der Waals surface area contributed by atoms with Crippen molar-refractivity contribution < 1.29 is 4.79 Å². The third-order valence-corrected chi connectivity index (χ3v) is 6.70. The Labute approximate surface area is 75.6 Å². The lowest BCUT2D eigenvalue weighted by atomic mass is 10.3. The molecule has 2 heterocycles. The van der Waals surface area contributed by atoms with Crippen molar-refractivity contribution in [3.63, 3.8) is 0 Å². The van der Waals surface area contributed by atoms with Crippen LogP contribution < -0.4 is 0 Å². The highest BCUT2D eigenvalue weighted by Gasteiger charge is 2.29. The fraction of sp³-hybridized carbons (Fsp3) is 0.889. The zero-order valence-corrected chi connectivity index (χ0v) is 8.74. The van der Waals surface area contributed by atoms with E-state index >= 15 is 0 Å². The summed E-state index contributed by atoms with van der Waals surface area (Å²) in [6, 6.07) is 2.79. The van der Waals surface area contributed by atoms with E-state index in [9.17, 15) is 4.79 Å². The molecule has 2 aliphatic heterocycles. The molecule has 0 aromatic rings. The second-order valence-electron chi connectivity index (χ2n) is 3.98. The molecule has 0 aromatic heterocycles. The van der Waals surface area contributed by atoms with Crippen LogP contribution in [0.25, 0.3) is 0 Å². The second kappa shape index (κ2) is 3.60. The van der Waals surface area contributed by atoms with Crippen molar-refractivity contribution in [1.29, 1.82) is 0 Å². The van der Waals surface area contributed by atoms with Gasteiger partial charge in [-0.1, -0.05) is 19.3 Å². The Hall–Kier alpha value is -0.313. The summed E-state index contributed by atoms with van der Waals surface area (Å²) in [4.78, 5) is 11.4. The number of nitrogens with zero attached hydrogens (tertiary/aromatic N) is 1. The molecule has 2 rings (SSSR count). The Kier molecular flexibility index (Phi) is 2.49. The van der Waals surface area contributed by atoms with Crippen molar-refractivity contribution >= 4 is 14.9 Å². The van der Waals surface area contributed by atoms with E-state index < -0.39 is 8.96 Å². The summed E-state index contributed by atoms with van der Waals surface area (Å²) in [5, 5.41) is 0. The molecule has 0 spiro atoms. The molecular weight excluding hydrogens is 166 g/mol. The van der Waals surface area contributed by atoms with Crippen LogP contribution in [-0.2, 0) is 4.79 Å². The molecule has 0 aromatic carbocycles. The van der Waals surface area contributed by atoms with Gasteiger partial charge in [-0.25, -0.2) is 0 Å². The molecule has 0 saturated carbocycles. The number of hydrogen-bond donors (Lipinski definition) is 0. The highest BCUT2D eigenvalue weighted by atomic mass is 28.3. The SMILES string of the molecule is O=C1CCCN1[SiH]1CCCCC1. The largest absolute Gasteiger partial charge is 0.372 e. The van der Waals surface area contributed by atoms with Gasteiger partial charge in [0.1, 0.15) is 8.96 Å². The molecule has 1 amide bonds. The van der Waals surface area contributed by atoms with E-state index in [0.29, 0.717) is 5.91 Å². The van der Waals surface area contributed by atoms with Crippen molar-refractivity contribution in [2.45, 2.75) is 44.2 Å². The first-order chi connectivity index (χ1) is 5.88. The highest BCUT2D eigenvalue weighted by Crippen LogP contribution is 2.24. The minimum absolute atomic E-state index is 0.466. The fourth-order valence-electron chi connectivity index (χ4n) is 2.45. The summed E-state index contributed by atoms with van der Waals surface area (Å²) in [5.41, 5.74) is 0. The van der Waals surface area contributed by atoms with E-state index in [-0.39, 0.29) is 0 Å². The fourth-order valence-corrected chi connectivity index (χ4v) is 5.96. The molecule has 0 aliphatic carbocycles. The van der Waals surface area contributed by atoms with E-state index in [4.69, 9.17) is 0 Å². The minimum atomic E-state index is -0.753. The first kappa shape index (κ1) is 8.29. The molecule has 2 saturated heterocycles. The lowest BCUT2D eigenvalue weighted by molar-refractivity contribution is -0.124. The summed E-state index contributed by atoms with van der Waals surface area (Å²) in [7, 11) is -0.753. The molecule has 0 radical (unpaired) electrons. The van der Waals surface area contributed by atoms with Crippen LogP contribution in [0.2, 0.25) is 12.1 Å². The number of carbonyl (C=O) groups excluding carboxylic acids is 1. The van der Waals surface area contributed by atoms with Gasteiger partial charge in [0, 0.05) is 13.0 Å². The average Bonchev–Trinajstić information content (AvgIpc) is 2.53. The predicted molar refractivity (Wildman–Crippen MR) is 51.6 cm³/mol. The molecule has 12 heavy (non-hydrogen) atoms. The van der Waals surface area contributed by atoms with E-state index in [1.807, 2.05) is 0 Å². The third-order valence-electron chi connectivity index (χ3n) is 3.13. The van der Waals surface area contributed by atoms with Crippen molar-refractivity contribution in [3.05, 3.63) is 0 Å². The van der Waals surface area contributed by atoms with Gasteiger partial charge in [-0.15, -0.1) is 0 Å². The van der Waals surface area contributed by atoms with Crippen LogP contribution in [0.1, 0.15) is 32.1 Å². The van der Waals surface area contributed by atoms with Crippen molar-refractivity contribution in [2.24, 2.45) is 0 Å². The molecular formula is C9H17NOSi. The molecule has 68 valence electrons. The Balaban J connectivity index is 1.93. The molecule has 0 N–H and O–H groups in total. The zero-order chi connectivity index (χ0) is 8.39. The average molecular weight is 183 g/mol. The van der Waals surface area contributed by atoms with Crippen LogP contribution in [0.5, 0.6) is 0 Å². The first-order valence-corrected chi connectivity index (χ1v) is 7.32. The summed E-state index contributed by atoms with van der Waals surface area (Å²) in [5.74, 6) is 0.466. The van der Waals surface area contributed by atoms with Crippen molar-refractivity contribution in [2.75, 3.05) is 6.54 Å². The van der Waals surface area contributed by atoms with E-state index in [1.54, 1.807) is 0 Å². The van der Waals surface area contributed by atoms with Crippen molar-refractivity contribution in [1.82, 2.24) is 4.57 Å². The highest BCUT2D eigenvalue weighted by molar-refractivity contribution is 6.59. The summed E-state index contributed by atoms with van der Waals surface area (Å²) in [6.07, 6.45) is 6.15. The van der Waals surface area contributed by atoms with Crippen LogP contribution in [0.3, 0.4) is 0 Å². The van der Waals surface area contributed by atoms with Gasteiger partial charge < -0.3 is 4.57 Å². The number of carbonyl (C=O) groups is 1. The maximum absolute atomic E-state index is 11.4. The Morgan fingerprint density at radius 1 is 1.08 bits per heavy atom. The van der Waals surface area contributed by atoms with Gasteiger partial charge >= 0.3 is 0 Å². The lowest BCUT2D eigenvalue weighted by Crippen LogP contribution is -2.41. The Bertz CT molecular complexity index is 177. The monoisotopic (exact) mass is 183 g/mol. The molecule has 0 atom stereocenters. The van der Waals surface area contributed by atoms with Crippen molar-refractivity contribution in [3.8, 4) is 0 Å². The van der Waals surface area contributed by atoms with Crippen LogP contribution in [0.4, 0.5) is 0 Å². The van der Waals surface area contributed by atoms with E-state index in [2.05, 4.69) is 4.57 Å². The lowest BCUT2D eigenvalue weighted by Gasteiger charge is -2.29. The van der Waals surface area contributed by atoms with Gasteiger partial charge in [-0.05, 0) is 18.5 Å². The van der Waals surface area contributed by atoms with Gasteiger partial charge in [0.15, 0.2) is 0 Å². The van der Waals surface area contributed by atoms with Crippen LogP contribution >= 0.6 is 0 Å². The maximum Gasteiger partial charge on any atom is 0.214 e. The van der Waals surface area contributed by atoms with E-state index in [0.717, 1.165) is 19.4 Å². The first-order valence-electron chi connectivity index (χ1n) is 5.17. The summed E-state index contributed by atoms with van der Waals surface area (Å²) in [6.45, 7) is 1.09. The summed E-state index contributed by atoms with van der Waals surface area (Å²) >= 11 is 0. The normalized spacial score (nSPS) is 26.7. The molecule has 0 unspecified atom stereocenters. The molecule has 3 heteroatoms.